The molecule has 10 aliphatic rings. The molecule has 31 nitrogen and oxygen atoms in total. The number of aliphatic hydroxyl groups excluding tert-OH is 14. The molecule has 0 amide bonds. The molecule has 11 rings (SSSR count). The zero-order chi connectivity index (χ0) is 72.8. The van der Waals surface area contributed by atoms with Crippen LogP contribution in [-0.4, -0.2) is 289 Å². The number of carboxylic acids is 1. The second-order valence-electron chi connectivity index (χ2n) is 30.8. The molecule has 15 N–H and O–H groups in total. The first-order valence-corrected chi connectivity index (χ1v) is 34.6. The van der Waals surface area contributed by atoms with E-state index in [0.29, 0.717) is 42.7 Å². The van der Waals surface area contributed by atoms with Crippen molar-refractivity contribution in [3.8, 4) is 11.5 Å². The van der Waals surface area contributed by atoms with Crippen LogP contribution in [-0.2, 0) is 66.5 Å². The van der Waals surface area contributed by atoms with Crippen LogP contribution in [0.1, 0.15) is 112 Å². The average molecular weight is 1430 g/mol. The van der Waals surface area contributed by atoms with Crippen LogP contribution in [0.4, 0.5) is 0 Å². The molecule has 31 heteroatoms. The summed E-state index contributed by atoms with van der Waals surface area (Å²) in [4.78, 5) is 43.6. The summed E-state index contributed by atoms with van der Waals surface area (Å²) in [5.41, 5.74) is -4.97. The SMILES string of the molecule is COc1ccc(C=CC(=O)O[C@H]2[C@@H](O)[C@H](O[C@H]3O[C@H](C)[C@@H](O[C@@H]4OC[C@@H](O[C@@H]5OC[C@H](O)[C@H](O)[C@H]5O)[C@H](O)[C@H]4O)[C@H](O)[C@@H]3O)[C@@H](OC(=O)[C@]34CCC(C)(C)C[C@H]3C3=CC[C@@H]5[C@@]6(C)C[C@H](O)[C@H](O[C@@H]7O[C@H](CO)[C@@H](O)[C@H](O)[C@H]7O)[C@@](C)(C(=O)O)[C@@H]6CC[C@@]5(C)[C@]3(CO)CC4)O[C@H]2C)cc1OC. The van der Waals surface area contributed by atoms with E-state index in [2.05, 4.69) is 26.8 Å². The Morgan fingerprint density at radius 2 is 1.21 bits per heavy atom. The number of carboxylic acid groups (broad SMARTS) is 1. The Morgan fingerprint density at radius 3 is 1.89 bits per heavy atom. The quantitative estimate of drug-likeness (QED) is 0.0341. The molecule has 0 radical (unpaired) electrons. The van der Waals surface area contributed by atoms with E-state index >= 15 is 4.79 Å². The minimum Gasteiger partial charge on any atom is -0.493 e. The summed E-state index contributed by atoms with van der Waals surface area (Å²) >= 11 is 0. The third kappa shape index (κ3) is 13.3. The van der Waals surface area contributed by atoms with Crippen molar-refractivity contribution >= 4 is 24.0 Å². The number of esters is 2. The Morgan fingerprint density at radius 1 is 0.590 bits per heavy atom. The van der Waals surface area contributed by atoms with Gasteiger partial charge in [-0.1, -0.05) is 45.4 Å². The van der Waals surface area contributed by atoms with Gasteiger partial charge in [0, 0.05) is 11.5 Å². The van der Waals surface area contributed by atoms with Gasteiger partial charge in [-0.2, -0.15) is 0 Å². The number of hydrogen-bond acceptors (Lipinski definition) is 30. The van der Waals surface area contributed by atoms with Crippen molar-refractivity contribution in [3.63, 3.8) is 0 Å². The summed E-state index contributed by atoms with van der Waals surface area (Å²) in [5.74, 6) is -3.85. The highest BCUT2D eigenvalue weighted by atomic mass is 16.8. The van der Waals surface area contributed by atoms with E-state index in [1.54, 1.807) is 18.2 Å². The zero-order valence-electron chi connectivity index (χ0n) is 57.6. The second-order valence-corrected chi connectivity index (χ2v) is 30.8. The molecule has 0 aromatic heterocycles. The molecule has 0 spiro atoms. The van der Waals surface area contributed by atoms with Gasteiger partial charge in [0.05, 0.1) is 69.8 Å². The fourth-order valence-electron chi connectivity index (χ4n) is 19.0. The third-order valence-corrected chi connectivity index (χ3v) is 24.8. The molecule has 0 bridgehead atoms. The lowest BCUT2D eigenvalue weighted by Crippen LogP contribution is -2.71. The van der Waals surface area contributed by atoms with Gasteiger partial charge >= 0.3 is 17.9 Å². The summed E-state index contributed by atoms with van der Waals surface area (Å²) in [7, 11) is 2.91. The van der Waals surface area contributed by atoms with Gasteiger partial charge in [-0.15, -0.1) is 0 Å². The van der Waals surface area contributed by atoms with Gasteiger partial charge in [-0.05, 0) is 136 Å². The minimum atomic E-state index is -2.06. The number of fused-ring (bicyclic) bond motifs is 7. The van der Waals surface area contributed by atoms with Gasteiger partial charge in [-0.3, -0.25) is 9.59 Å². The molecule has 5 saturated heterocycles. The van der Waals surface area contributed by atoms with E-state index in [9.17, 15) is 86.2 Å². The van der Waals surface area contributed by atoms with Crippen molar-refractivity contribution in [3.05, 3.63) is 41.5 Å². The van der Waals surface area contributed by atoms with Gasteiger partial charge in [-0.25, -0.2) is 4.79 Å². The molecule has 9 fully saturated rings. The molecule has 5 heterocycles. The summed E-state index contributed by atoms with van der Waals surface area (Å²) < 4.78 is 76.6. The molecule has 0 unspecified atom stereocenters. The highest BCUT2D eigenvalue weighted by molar-refractivity contribution is 5.87. The van der Waals surface area contributed by atoms with Crippen molar-refractivity contribution in [2.75, 3.05) is 40.6 Å². The maximum atomic E-state index is 15.9. The number of benzene rings is 1. The van der Waals surface area contributed by atoms with Crippen LogP contribution in [0.3, 0.4) is 0 Å². The number of methoxy groups -OCH3 is 2. The molecule has 5 aliphatic heterocycles. The molecule has 1 aromatic carbocycles. The maximum absolute atomic E-state index is 15.9. The van der Waals surface area contributed by atoms with E-state index in [1.807, 2.05) is 6.92 Å². The second kappa shape index (κ2) is 29.3. The smallest absolute Gasteiger partial charge is 0.331 e. The molecule has 1 aromatic rings. The number of carbonyl (C=O) groups is 3. The summed E-state index contributed by atoms with van der Waals surface area (Å²) in [6, 6.07) is 4.90. The number of hydrogen-bond donors (Lipinski definition) is 15. The normalized spacial score (nSPS) is 48.6. The van der Waals surface area contributed by atoms with Gasteiger partial charge in [0.15, 0.2) is 48.9 Å². The average Bonchev–Trinajstić information content (AvgIpc) is 0.666. The van der Waals surface area contributed by atoms with E-state index in [-0.39, 0.29) is 50.0 Å². The Labute approximate surface area is 578 Å². The van der Waals surface area contributed by atoms with Crippen molar-refractivity contribution in [1.82, 2.24) is 0 Å². The van der Waals surface area contributed by atoms with E-state index < -0.39 is 230 Å². The van der Waals surface area contributed by atoms with Crippen LogP contribution in [0.2, 0.25) is 0 Å². The number of aliphatic carboxylic acids is 1. The molecule has 564 valence electrons. The van der Waals surface area contributed by atoms with Crippen LogP contribution < -0.4 is 9.47 Å². The highest BCUT2D eigenvalue weighted by Gasteiger charge is 2.74. The van der Waals surface area contributed by atoms with Gasteiger partial charge < -0.3 is 138 Å². The van der Waals surface area contributed by atoms with Crippen LogP contribution in [0.25, 0.3) is 6.08 Å². The van der Waals surface area contributed by atoms with Gasteiger partial charge in [0.25, 0.3) is 0 Å². The molecular formula is C69H102O31. The Kier molecular flexibility index (Phi) is 22.5. The van der Waals surface area contributed by atoms with Gasteiger partial charge in [0.2, 0.25) is 6.29 Å². The number of allylic oxidation sites excluding steroid dienone is 1. The number of carbonyl (C=O) groups excluding carboxylic acids is 2. The van der Waals surface area contributed by atoms with Crippen LogP contribution in [0.5, 0.6) is 11.5 Å². The molecule has 100 heavy (non-hydrogen) atoms. The lowest BCUT2D eigenvalue weighted by atomic mass is 9.33. The van der Waals surface area contributed by atoms with Crippen molar-refractivity contribution < 1.29 is 153 Å². The summed E-state index contributed by atoms with van der Waals surface area (Å²) in [6.07, 6.45) is -34.4. The predicted octanol–water partition coefficient (Wildman–Crippen LogP) is -1.59. The topological polar surface area (TPSA) is 475 Å². The zero-order valence-corrected chi connectivity index (χ0v) is 57.6. The Bertz CT molecular complexity index is 3130. The van der Waals surface area contributed by atoms with Crippen LogP contribution >= 0.6 is 0 Å². The summed E-state index contributed by atoms with van der Waals surface area (Å²) in [5, 5.41) is 167. The van der Waals surface area contributed by atoms with Crippen molar-refractivity contribution in [2.24, 2.45) is 50.2 Å². The number of ether oxygens (including phenoxy) is 13. The summed E-state index contributed by atoms with van der Waals surface area (Å²) in [6.45, 7) is 10.6. The highest BCUT2D eigenvalue weighted by Crippen LogP contribution is 2.76. The van der Waals surface area contributed by atoms with Crippen LogP contribution in [0, 0.1) is 50.2 Å². The first-order valence-electron chi connectivity index (χ1n) is 34.6. The molecule has 5 aliphatic carbocycles. The third-order valence-electron chi connectivity index (χ3n) is 24.8. The maximum Gasteiger partial charge on any atom is 0.331 e. The molecule has 4 saturated carbocycles. The number of rotatable bonds is 18. The standard InChI is InChI=1S/C69H102O31/c1-29-53(97-58-49(81)45(77)39(27-91-58)95-57-48(80)43(75)35(73)26-90-57)47(79)51(83)59(92-29)98-55-52(84)54(96-42(74)15-11-31-10-13-36(88-8)37(22-31)89-9)30(2)93-61(55)100-63(87)68-19-18-64(3,4)23-33(68)32-12-14-40-65(5)24-34(72)56(99-60-50(82)46(78)44(76)38(25-70)94-60)67(7,62(85)86)41(65)16-17-66(40,6)69(32,28-71)21-20-68/h10-13,15,22,29-30,33-35,38-41,43-61,70-73,75-84H,14,16-21,23-28H2,1-9H3,(H,85,86)/t29-,30+,33+,34+,35+,38-,39-,40-,41-,43+,44-,45+,46+,47-,48-,49-,50-,51+,52-,53-,54-,55+,56+,57+,58+,59-,60+,61-,65-,66-,67+,68+,69+/m1/s1. The lowest BCUT2D eigenvalue weighted by Gasteiger charge is -2.71. The van der Waals surface area contributed by atoms with Crippen molar-refractivity contribution in [2.45, 2.75) is 260 Å². The van der Waals surface area contributed by atoms with Gasteiger partial charge in [0.1, 0.15) is 91.6 Å². The van der Waals surface area contributed by atoms with Crippen molar-refractivity contribution in [1.29, 1.82) is 0 Å². The fourth-order valence-corrected chi connectivity index (χ4v) is 19.0. The van der Waals surface area contributed by atoms with E-state index in [0.717, 1.165) is 11.6 Å². The van der Waals surface area contributed by atoms with E-state index in [1.165, 1.54) is 41.1 Å². The largest absolute Gasteiger partial charge is 0.493 e. The Balaban J connectivity index is 0.853. The molecule has 33 atom stereocenters. The number of aliphatic hydroxyl groups is 14. The van der Waals surface area contributed by atoms with E-state index in [4.69, 9.17) is 61.6 Å². The monoisotopic (exact) mass is 1430 g/mol. The Hall–Kier alpha value is -4.21. The van der Waals surface area contributed by atoms with Crippen LogP contribution in [0.15, 0.2) is 35.9 Å². The molecular weight excluding hydrogens is 1320 g/mol. The lowest BCUT2D eigenvalue weighted by molar-refractivity contribution is -0.377. The first kappa shape index (κ1) is 76.9. The first-order chi connectivity index (χ1) is 47.1. The predicted molar refractivity (Wildman–Crippen MR) is 338 cm³/mol. The fraction of sp³-hybridized carbons (Fsp3) is 0.812. The minimum absolute atomic E-state index is 0.00857.